The third-order valence-corrected chi connectivity index (χ3v) is 5.55. The molecule has 0 saturated carbocycles. The third kappa shape index (κ3) is 7.44. The van der Waals surface area contributed by atoms with Gasteiger partial charge in [-0.15, -0.1) is 0 Å². The quantitative estimate of drug-likeness (QED) is 0.270. The van der Waals surface area contributed by atoms with Gasteiger partial charge in [-0.2, -0.15) is 0 Å². The summed E-state index contributed by atoms with van der Waals surface area (Å²) in [5, 5.41) is 0. The highest BCUT2D eigenvalue weighted by Gasteiger charge is 2.00. The maximum Gasteiger partial charge on any atom is 0.140 e. The predicted molar refractivity (Wildman–Crippen MR) is 133 cm³/mol. The van der Waals surface area contributed by atoms with E-state index in [4.69, 9.17) is 0 Å². The molecule has 0 nitrogen and oxygen atoms in total. The van der Waals surface area contributed by atoms with Crippen molar-refractivity contribution in [2.75, 3.05) is 0 Å². The Morgan fingerprint density at radius 1 is 0.594 bits per heavy atom. The molecule has 0 unspecified atom stereocenters. The molecule has 0 fully saturated rings. The van der Waals surface area contributed by atoms with Gasteiger partial charge in [-0.05, 0) is 72.9 Å². The fourth-order valence-electron chi connectivity index (χ4n) is 3.49. The van der Waals surface area contributed by atoms with Crippen molar-refractivity contribution >= 4 is 0 Å². The van der Waals surface area contributed by atoms with Crippen LogP contribution in [0.25, 0.3) is 0 Å². The first-order valence-corrected chi connectivity index (χ1v) is 11.7. The summed E-state index contributed by atoms with van der Waals surface area (Å²) in [6.45, 7) is 4.36. The van der Waals surface area contributed by atoms with Gasteiger partial charge in [0.1, 0.15) is 5.82 Å². The second kappa shape index (κ2) is 12.5. The summed E-state index contributed by atoms with van der Waals surface area (Å²) in [5.41, 5.74) is 5.49. The van der Waals surface area contributed by atoms with Crippen LogP contribution in [0.1, 0.15) is 79.3 Å². The average Bonchev–Trinajstić information content (AvgIpc) is 2.83. The van der Waals surface area contributed by atoms with E-state index in [1.54, 1.807) is 6.07 Å². The summed E-state index contributed by atoms with van der Waals surface area (Å²) in [6, 6.07) is 21.4. The third-order valence-electron chi connectivity index (χ3n) is 5.55. The fraction of sp³-hybridized carbons (Fsp3) is 0.290. The molecule has 0 spiro atoms. The molecule has 3 rings (SSSR count). The van der Waals surface area contributed by atoms with Gasteiger partial charge < -0.3 is 0 Å². The second-order valence-electron chi connectivity index (χ2n) is 8.11. The molecule has 0 aliphatic carbocycles. The van der Waals surface area contributed by atoms with Crippen molar-refractivity contribution in [1.29, 1.82) is 0 Å². The molecule has 1 heteroatoms. The Morgan fingerprint density at radius 3 is 1.78 bits per heavy atom. The minimum absolute atomic E-state index is 0.339. The zero-order chi connectivity index (χ0) is 22.6. The van der Waals surface area contributed by atoms with E-state index >= 15 is 0 Å². The molecule has 3 aromatic carbocycles. The molecule has 0 bridgehead atoms. The highest BCUT2D eigenvalue weighted by atomic mass is 19.1. The van der Waals surface area contributed by atoms with Crippen LogP contribution in [0.2, 0.25) is 0 Å². The number of rotatable bonds is 7. The predicted octanol–water partition coefficient (Wildman–Crippen LogP) is 7.70. The number of aryl methyl sites for hydroxylation is 2. The van der Waals surface area contributed by atoms with Gasteiger partial charge >= 0.3 is 0 Å². The monoisotopic (exact) mass is 422 g/mol. The lowest BCUT2D eigenvalue weighted by atomic mass is 10.0. The van der Waals surface area contributed by atoms with Gasteiger partial charge in [-0.3, -0.25) is 0 Å². The maximum absolute atomic E-state index is 14.5. The van der Waals surface area contributed by atoms with Crippen LogP contribution in [0.15, 0.2) is 66.7 Å². The molecule has 0 aliphatic rings. The van der Waals surface area contributed by atoms with E-state index in [2.05, 4.69) is 61.8 Å². The van der Waals surface area contributed by atoms with E-state index in [0.29, 0.717) is 11.1 Å². The van der Waals surface area contributed by atoms with Crippen LogP contribution < -0.4 is 0 Å². The smallest absolute Gasteiger partial charge is 0.140 e. The zero-order valence-electron chi connectivity index (χ0n) is 19.2. The van der Waals surface area contributed by atoms with Gasteiger partial charge in [0.15, 0.2) is 0 Å². The van der Waals surface area contributed by atoms with Crippen molar-refractivity contribution in [2.24, 2.45) is 0 Å². The topological polar surface area (TPSA) is 0 Å². The number of halogens is 1. The van der Waals surface area contributed by atoms with Crippen LogP contribution in [-0.4, -0.2) is 0 Å². The summed E-state index contributed by atoms with van der Waals surface area (Å²) >= 11 is 0. The standard InChI is InChI=1S/C31H31F/c1-3-5-6-7-8-9-26-14-16-28(17-15-26)20-22-30-23-21-29(24-31(30)32)19-18-27-12-10-25(4-2)11-13-27/h10-17,21,23-24H,3-9H2,1-2H3. The number of benzene rings is 3. The van der Waals surface area contributed by atoms with E-state index in [9.17, 15) is 4.39 Å². The lowest BCUT2D eigenvalue weighted by Crippen LogP contribution is -1.88. The molecule has 0 heterocycles. The second-order valence-corrected chi connectivity index (χ2v) is 8.11. The first kappa shape index (κ1) is 23.4. The SMILES string of the molecule is CCCCCCCc1ccc(C#Cc2ccc(C#Cc3ccc(CC)cc3)cc2F)cc1. The lowest BCUT2D eigenvalue weighted by Gasteiger charge is -2.02. The van der Waals surface area contributed by atoms with Crippen LogP contribution in [0, 0.1) is 29.5 Å². The molecule has 3 aromatic rings. The van der Waals surface area contributed by atoms with Gasteiger partial charge in [-0.1, -0.05) is 87.5 Å². The molecular formula is C31H31F. The minimum Gasteiger partial charge on any atom is -0.206 e. The lowest BCUT2D eigenvalue weighted by molar-refractivity contribution is 0.624. The normalized spacial score (nSPS) is 10.1. The van der Waals surface area contributed by atoms with Crippen molar-refractivity contribution in [3.8, 4) is 23.7 Å². The number of hydrogen-bond donors (Lipinski definition) is 0. The highest BCUT2D eigenvalue weighted by Crippen LogP contribution is 2.12. The van der Waals surface area contributed by atoms with Gasteiger partial charge in [0.2, 0.25) is 0 Å². The molecule has 0 amide bonds. The summed E-state index contributed by atoms with van der Waals surface area (Å²) in [5.74, 6) is 11.8. The van der Waals surface area contributed by atoms with Gasteiger partial charge in [0, 0.05) is 16.7 Å². The zero-order valence-corrected chi connectivity index (χ0v) is 19.2. The van der Waals surface area contributed by atoms with Crippen molar-refractivity contribution in [3.63, 3.8) is 0 Å². The Labute approximate surface area is 192 Å². The van der Waals surface area contributed by atoms with E-state index in [-0.39, 0.29) is 5.82 Å². The van der Waals surface area contributed by atoms with E-state index < -0.39 is 0 Å². The molecule has 0 aliphatic heterocycles. The first-order chi connectivity index (χ1) is 15.7. The van der Waals surface area contributed by atoms with E-state index in [0.717, 1.165) is 24.0 Å². The average molecular weight is 423 g/mol. The molecule has 0 saturated heterocycles. The largest absolute Gasteiger partial charge is 0.206 e. The summed E-state index contributed by atoms with van der Waals surface area (Å²) in [7, 11) is 0. The number of hydrogen-bond acceptors (Lipinski definition) is 0. The van der Waals surface area contributed by atoms with Crippen LogP contribution >= 0.6 is 0 Å². The maximum atomic E-state index is 14.5. The van der Waals surface area contributed by atoms with Crippen LogP contribution in [0.5, 0.6) is 0 Å². The van der Waals surface area contributed by atoms with Crippen LogP contribution in [-0.2, 0) is 12.8 Å². The Hall–Kier alpha value is -3.29. The molecule has 162 valence electrons. The van der Waals surface area contributed by atoms with Crippen LogP contribution in [0.4, 0.5) is 4.39 Å². The Morgan fingerprint density at radius 2 is 1.16 bits per heavy atom. The number of unbranched alkanes of at least 4 members (excludes halogenated alkanes) is 4. The molecule has 0 atom stereocenters. The summed E-state index contributed by atoms with van der Waals surface area (Å²) in [4.78, 5) is 0. The Balaban J connectivity index is 1.60. The summed E-state index contributed by atoms with van der Waals surface area (Å²) < 4.78 is 14.5. The minimum atomic E-state index is -0.339. The van der Waals surface area contributed by atoms with E-state index in [1.807, 2.05) is 30.3 Å². The molecule has 0 aromatic heterocycles. The fourth-order valence-corrected chi connectivity index (χ4v) is 3.49. The van der Waals surface area contributed by atoms with Crippen molar-refractivity contribution in [3.05, 3.63) is 106 Å². The van der Waals surface area contributed by atoms with E-state index in [1.165, 1.54) is 49.3 Å². The molecule has 0 radical (unpaired) electrons. The van der Waals surface area contributed by atoms with Gasteiger partial charge in [-0.25, -0.2) is 4.39 Å². The van der Waals surface area contributed by atoms with Crippen LogP contribution in [0.3, 0.4) is 0 Å². The molecular weight excluding hydrogens is 391 g/mol. The molecule has 0 N–H and O–H groups in total. The first-order valence-electron chi connectivity index (χ1n) is 11.7. The molecule has 32 heavy (non-hydrogen) atoms. The Kier molecular flexibility index (Phi) is 9.16. The summed E-state index contributed by atoms with van der Waals surface area (Å²) in [6.07, 6.45) is 8.56. The van der Waals surface area contributed by atoms with Crippen molar-refractivity contribution in [2.45, 2.75) is 58.8 Å². The van der Waals surface area contributed by atoms with Crippen molar-refractivity contribution in [1.82, 2.24) is 0 Å². The van der Waals surface area contributed by atoms with Gasteiger partial charge in [0.25, 0.3) is 0 Å². The van der Waals surface area contributed by atoms with Crippen molar-refractivity contribution < 1.29 is 4.39 Å². The van der Waals surface area contributed by atoms with Gasteiger partial charge in [0.05, 0.1) is 5.56 Å². The highest BCUT2D eigenvalue weighted by molar-refractivity contribution is 5.49. The Bertz CT molecular complexity index is 1110.